The van der Waals surface area contributed by atoms with Crippen molar-refractivity contribution in [3.8, 4) is 0 Å². The average molecular weight is 132 g/mol. The summed E-state index contributed by atoms with van der Waals surface area (Å²) >= 11 is 0. The van der Waals surface area contributed by atoms with E-state index in [1.165, 1.54) is 0 Å². The first kappa shape index (κ1) is 8.88. The zero-order valence-electron chi connectivity index (χ0n) is 6.48. The van der Waals surface area contributed by atoms with Crippen molar-refractivity contribution in [3.63, 3.8) is 0 Å². The number of hydrazine groups is 1. The van der Waals surface area contributed by atoms with Crippen molar-refractivity contribution in [2.45, 2.75) is 13.8 Å². The smallest absolute Gasteiger partial charge is 0.109 e. The van der Waals surface area contributed by atoms with Crippen LogP contribution >= 0.6 is 0 Å². The molecule has 0 heterocycles. The van der Waals surface area contributed by atoms with Gasteiger partial charge >= 0.3 is 0 Å². The van der Waals surface area contributed by atoms with Crippen LogP contribution in [0.2, 0.25) is 0 Å². The molecule has 0 aliphatic rings. The topological polar surface area (TPSA) is 24.5 Å². The second-order valence-corrected chi connectivity index (χ2v) is 1.81. The van der Waals surface area contributed by atoms with E-state index in [4.69, 9.17) is 4.74 Å². The van der Waals surface area contributed by atoms with Crippen molar-refractivity contribution >= 4 is 0 Å². The molecule has 0 bridgehead atoms. The van der Waals surface area contributed by atoms with E-state index >= 15 is 0 Å². The SMILES string of the molecule is CCOCNN(C)CC. The number of hydrogen-bond acceptors (Lipinski definition) is 3. The van der Waals surface area contributed by atoms with Crippen LogP contribution in [0.3, 0.4) is 0 Å². The Morgan fingerprint density at radius 1 is 1.44 bits per heavy atom. The fourth-order valence-electron chi connectivity index (χ4n) is 0.370. The van der Waals surface area contributed by atoms with Gasteiger partial charge in [0.25, 0.3) is 0 Å². The summed E-state index contributed by atoms with van der Waals surface area (Å²) in [5.41, 5.74) is 3.04. The van der Waals surface area contributed by atoms with Gasteiger partial charge in [0.05, 0.1) is 0 Å². The number of ether oxygens (including phenoxy) is 1. The van der Waals surface area contributed by atoms with E-state index in [-0.39, 0.29) is 0 Å². The molecule has 3 heteroatoms. The van der Waals surface area contributed by atoms with E-state index in [9.17, 15) is 0 Å². The summed E-state index contributed by atoms with van der Waals surface area (Å²) in [6.07, 6.45) is 0. The van der Waals surface area contributed by atoms with E-state index < -0.39 is 0 Å². The lowest BCUT2D eigenvalue weighted by atomic mass is 10.7. The molecule has 0 atom stereocenters. The lowest BCUT2D eigenvalue weighted by Crippen LogP contribution is -2.35. The largest absolute Gasteiger partial charge is 0.365 e. The minimum atomic E-state index is 0.612. The Morgan fingerprint density at radius 3 is 2.56 bits per heavy atom. The van der Waals surface area contributed by atoms with Gasteiger partial charge in [0, 0.05) is 20.2 Å². The molecule has 0 aromatic rings. The molecule has 0 radical (unpaired) electrons. The van der Waals surface area contributed by atoms with Gasteiger partial charge in [-0.15, -0.1) is 0 Å². The van der Waals surface area contributed by atoms with E-state index in [0.29, 0.717) is 6.73 Å². The number of nitrogens with zero attached hydrogens (tertiary/aromatic N) is 1. The minimum absolute atomic E-state index is 0.612. The van der Waals surface area contributed by atoms with Crippen molar-refractivity contribution < 1.29 is 4.74 Å². The maximum atomic E-state index is 5.05. The Labute approximate surface area is 57.0 Å². The molecular weight excluding hydrogens is 116 g/mol. The molecule has 0 fully saturated rings. The highest BCUT2D eigenvalue weighted by Crippen LogP contribution is 1.72. The molecule has 1 N–H and O–H groups in total. The Morgan fingerprint density at radius 2 is 2.11 bits per heavy atom. The van der Waals surface area contributed by atoms with Gasteiger partial charge in [-0.3, -0.25) is 0 Å². The third-order valence-electron chi connectivity index (χ3n) is 1.11. The molecule has 9 heavy (non-hydrogen) atoms. The van der Waals surface area contributed by atoms with E-state index in [1.807, 2.05) is 19.0 Å². The Balaban J connectivity index is 2.88. The van der Waals surface area contributed by atoms with Gasteiger partial charge in [0.15, 0.2) is 0 Å². The summed E-state index contributed by atoms with van der Waals surface area (Å²) in [5.74, 6) is 0. The maximum absolute atomic E-state index is 5.05. The average Bonchev–Trinajstić information content (AvgIpc) is 1.89. The van der Waals surface area contributed by atoms with E-state index in [0.717, 1.165) is 13.2 Å². The molecule has 0 amide bonds. The Hall–Kier alpha value is -0.120. The molecule has 0 aromatic heterocycles. The van der Waals surface area contributed by atoms with Gasteiger partial charge in [0.2, 0.25) is 0 Å². The molecule has 0 aromatic carbocycles. The van der Waals surface area contributed by atoms with E-state index in [1.54, 1.807) is 0 Å². The molecule has 0 rings (SSSR count). The molecule has 0 unspecified atom stereocenters. The molecular formula is C6H16N2O. The maximum Gasteiger partial charge on any atom is 0.109 e. The molecule has 0 spiro atoms. The summed E-state index contributed by atoms with van der Waals surface area (Å²) in [4.78, 5) is 0. The molecule has 3 nitrogen and oxygen atoms in total. The van der Waals surface area contributed by atoms with Crippen LogP contribution in [0.25, 0.3) is 0 Å². The predicted molar refractivity (Wildman–Crippen MR) is 37.9 cm³/mol. The fraction of sp³-hybridized carbons (Fsp3) is 1.00. The standard InChI is InChI=1S/C6H16N2O/c1-4-8(3)7-6-9-5-2/h7H,4-6H2,1-3H3. The highest BCUT2D eigenvalue weighted by atomic mass is 16.5. The molecule has 0 aliphatic carbocycles. The van der Waals surface area contributed by atoms with Crippen LogP contribution < -0.4 is 5.43 Å². The Bertz CT molecular complexity index is 59.0. The van der Waals surface area contributed by atoms with Gasteiger partial charge in [-0.05, 0) is 6.92 Å². The Kier molecular flexibility index (Phi) is 5.93. The molecule has 0 saturated carbocycles. The van der Waals surface area contributed by atoms with Crippen LogP contribution in [-0.2, 0) is 4.74 Å². The van der Waals surface area contributed by atoms with Gasteiger partial charge in [0.1, 0.15) is 6.73 Å². The van der Waals surface area contributed by atoms with Gasteiger partial charge in [-0.1, -0.05) is 6.92 Å². The zero-order chi connectivity index (χ0) is 7.11. The van der Waals surface area contributed by atoms with Crippen LogP contribution in [0.15, 0.2) is 0 Å². The van der Waals surface area contributed by atoms with Crippen molar-refractivity contribution in [1.29, 1.82) is 0 Å². The quantitative estimate of drug-likeness (QED) is 0.333. The normalized spacial score (nSPS) is 10.7. The second-order valence-electron chi connectivity index (χ2n) is 1.81. The second kappa shape index (κ2) is 6.01. The highest BCUT2D eigenvalue weighted by Gasteiger charge is 1.88. The zero-order valence-corrected chi connectivity index (χ0v) is 6.48. The number of hydrogen-bond donors (Lipinski definition) is 1. The lowest BCUT2D eigenvalue weighted by Gasteiger charge is -2.14. The third kappa shape index (κ3) is 5.76. The van der Waals surface area contributed by atoms with Gasteiger partial charge < -0.3 is 4.74 Å². The molecule has 0 aliphatic heterocycles. The fourth-order valence-corrected chi connectivity index (χ4v) is 0.370. The van der Waals surface area contributed by atoms with Crippen LogP contribution in [-0.4, -0.2) is 31.9 Å². The van der Waals surface area contributed by atoms with E-state index in [2.05, 4.69) is 12.3 Å². The first-order valence-corrected chi connectivity index (χ1v) is 3.33. The number of rotatable bonds is 5. The van der Waals surface area contributed by atoms with Crippen LogP contribution in [0.5, 0.6) is 0 Å². The monoisotopic (exact) mass is 132 g/mol. The predicted octanol–water partition coefficient (Wildman–Crippen LogP) is 0.437. The first-order chi connectivity index (χ1) is 4.31. The summed E-state index contributed by atoms with van der Waals surface area (Å²) in [6, 6.07) is 0. The molecule has 56 valence electrons. The van der Waals surface area contributed by atoms with Crippen LogP contribution in [0.1, 0.15) is 13.8 Å². The van der Waals surface area contributed by atoms with Crippen LogP contribution in [0.4, 0.5) is 0 Å². The minimum Gasteiger partial charge on any atom is -0.365 e. The van der Waals surface area contributed by atoms with Gasteiger partial charge in [-0.25, -0.2) is 10.4 Å². The van der Waals surface area contributed by atoms with Crippen LogP contribution in [0, 0.1) is 0 Å². The third-order valence-corrected chi connectivity index (χ3v) is 1.11. The summed E-state index contributed by atoms with van der Waals surface area (Å²) in [5, 5.41) is 1.98. The van der Waals surface area contributed by atoms with Crippen molar-refractivity contribution in [2.24, 2.45) is 0 Å². The summed E-state index contributed by atoms with van der Waals surface area (Å²) in [6.45, 7) is 6.44. The van der Waals surface area contributed by atoms with Gasteiger partial charge in [-0.2, -0.15) is 0 Å². The molecule has 0 saturated heterocycles. The lowest BCUT2D eigenvalue weighted by molar-refractivity contribution is 0.0705. The highest BCUT2D eigenvalue weighted by molar-refractivity contribution is 4.31. The summed E-state index contributed by atoms with van der Waals surface area (Å²) < 4.78 is 5.05. The van der Waals surface area contributed by atoms with Crippen molar-refractivity contribution in [1.82, 2.24) is 10.4 Å². The number of nitrogens with one attached hydrogen (secondary N) is 1. The summed E-state index contributed by atoms with van der Waals surface area (Å²) in [7, 11) is 1.99. The van der Waals surface area contributed by atoms with Crippen molar-refractivity contribution in [3.05, 3.63) is 0 Å². The van der Waals surface area contributed by atoms with Crippen molar-refractivity contribution in [2.75, 3.05) is 26.9 Å². The first-order valence-electron chi connectivity index (χ1n) is 3.33.